The summed E-state index contributed by atoms with van der Waals surface area (Å²) in [4.78, 5) is 22.9. The van der Waals surface area contributed by atoms with Crippen LogP contribution in [-0.4, -0.2) is 50.4 Å². The third-order valence-electron chi connectivity index (χ3n) is 2.06. The van der Waals surface area contributed by atoms with Crippen molar-refractivity contribution in [3.05, 3.63) is 0 Å². The van der Waals surface area contributed by atoms with Crippen molar-refractivity contribution < 1.29 is 19.1 Å². The minimum absolute atomic E-state index is 0.250. The van der Waals surface area contributed by atoms with Crippen molar-refractivity contribution in [1.82, 2.24) is 0 Å². The van der Waals surface area contributed by atoms with Gasteiger partial charge in [0.25, 0.3) is 0 Å². The summed E-state index contributed by atoms with van der Waals surface area (Å²) in [5.74, 6) is 1.02. The first kappa shape index (κ1) is 21.6. The Morgan fingerprint density at radius 1 is 0.857 bits per heavy atom. The van der Waals surface area contributed by atoms with E-state index in [1.165, 1.54) is 0 Å². The molecule has 0 amide bonds. The van der Waals surface area contributed by atoms with Gasteiger partial charge in [0, 0.05) is 16.6 Å². The largest absolute Gasteiger partial charge is 0.464 e. The summed E-state index contributed by atoms with van der Waals surface area (Å²) < 4.78 is 8.97. The minimum Gasteiger partial charge on any atom is -0.464 e. The van der Waals surface area contributed by atoms with Crippen LogP contribution in [0.3, 0.4) is 0 Å². The molecule has 0 unspecified atom stereocenters. The Labute approximate surface area is 152 Å². The first-order valence-corrected chi connectivity index (χ1v) is 10.3. The van der Waals surface area contributed by atoms with Crippen LogP contribution in [0.1, 0.15) is 27.7 Å². The molecule has 0 saturated heterocycles. The smallest absolute Gasteiger partial charge is 0.322 e. The number of thioether (sulfide) groups is 2. The third kappa shape index (κ3) is 11.8. The second-order valence-corrected chi connectivity index (χ2v) is 11.7. The fourth-order valence-corrected chi connectivity index (χ4v) is 2.95. The lowest BCUT2D eigenvalue weighted by atomic mass is 10.2. The fourth-order valence-electron chi connectivity index (χ4n) is 0.907. The van der Waals surface area contributed by atoms with E-state index in [1.54, 1.807) is 51.2 Å². The third-order valence-corrected chi connectivity index (χ3v) is 4.95. The van der Waals surface area contributed by atoms with E-state index >= 15 is 0 Å². The van der Waals surface area contributed by atoms with E-state index in [1.807, 2.05) is 0 Å². The maximum absolute atomic E-state index is 11.4. The first-order chi connectivity index (χ1) is 9.55. The predicted octanol–water partition coefficient (Wildman–Crippen LogP) is 3.84. The Morgan fingerprint density at radius 2 is 1.19 bits per heavy atom. The van der Waals surface area contributed by atoms with Gasteiger partial charge in [-0.1, -0.05) is 31.9 Å². The van der Waals surface area contributed by atoms with Gasteiger partial charge >= 0.3 is 11.9 Å². The van der Waals surface area contributed by atoms with Gasteiger partial charge in [-0.05, 0) is 27.7 Å². The van der Waals surface area contributed by atoms with Crippen molar-refractivity contribution in [2.45, 2.75) is 36.3 Å². The van der Waals surface area contributed by atoms with Gasteiger partial charge in [-0.3, -0.25) is 9.59 Å². The average molecular weight is 466 g/mol. The number of halogens is 2. The monoisotopic (exact) mass is 464 g/mol. The Morgan fingerprint density at radius 3 is 1.48 bits per heavy atom. The number of rotatable bonds is 10. The molecular formula is C13H22Br2O4S2. The molecule has 0 aromatic carbocycles. The van der Waals surface area contributed by atoms with Crippen LogP contribution in [0.5, 0.6) is 0 Å². The molecule has 21 heavy (non-hydrogen) atoms. The van der Waals surface area contributed by atoms with E-state index in [9.17, 15) is 9.59 Å². The molecule has 124 valence electrons. The summed E-state index contributed by atoms with van der Waals surface area (Å²) in [7, 11) is 0. The van der Waals surface area contributed by atoms with Crippen LogP contribution in [-0.2, 0) is 19.1 Å². The number of hydrogen-bond donors (Lipinski definition) is 0. The molecule has 0 aromatic rings. The summed E-state index contributed by atoms with van der Waals surface area (Å²) in [5.41, 5.74) is 0. The molecule has 0 atom stereocenters. The molecular weight excluding hydrogens is 444 g/mol. The van der Waals surface area contributed by atoms with Crippen molar-refractivity contribution in [3.63, 3.8) is 0 Å². The van der Waals surface area contributed by atoms with Gasteiger partial charge < -0.3 is 9.47 Å². The summed E-state index contributed by atoms with van der Waals surface area (Å²) in [6, 6.07) is 0. The van der Waals surface area contributed by atoms with Crippen molar-refractivity contribution in [3.8, 4) is 0 Å². The SMILES string of the molecule is CC(C)(Br)C(=O)OCCSCSCCOC(=O)C(C)(C)Br. The molecule has 0 radical (unpaired) electrons. The van der Waals surface area contributed by atoms with E-state index in [2.05, 4.69) is 31.9 Å². The maximum atomic E-state index is 11.4. The second kappa shape index (κ2) is 10.4. The molecule has 0 aliphatic heterocycles. The molecule has 0 saturated carbocycles. The van der Waals surface area contributed by atoms with Crippen LogP contribution < -0.4 is 0 Å². The number of ether oxygens (including phenoxy) is 2. The Hall–Kier alpha value is 0.600. The highest BCUT2D eigenvalue weighted by Gasteiger charge is 2.25. The highest BCUT2D eigenvalue weighted by atomic mass is 79.9. The van der Waals surface area contributed by atoms with Crippen LogP contribution in [0.15, 0.2) is 0 Å². The summed E-state index contributed by atoms with van der Waals surface area (Å²) >= 11 is 9.88. The van der Waals surface area contributed by atoms with E-state index in [0.717, 1.165) is 16.6 Å². The molecule has 0 rings (SSSR count). The molecule has 0 heterocycles. The van der Waals surface area contributed by atoms with Gasteiger partial charge in [-0.2, -0.15) is 0 Å². The summed E-state index contributed by atoms with van der Waals surface area (Å²) in [6.07, 6.45) is 0. The molecule has 0 spiro atoms. The molecule has 0 aromatic heterocycles. The zero-order chi connectivity index (χ0) is 16.5. The van der Waals surface area contributed by atoms with Crippen LogP contribution in [0.4, 0.5) is 0 Å². The van der Waals surface area contributed by atoms with Gasteiger partial charge in [-0.25, -0.2) is 0 Å². The normalized spacial score (nSPS) is 12.1. The van der Waals surface area contributed by atoms with Gasteiger partial charge in [0.15, 0.2) is 0 Å². The van der Waals surface area contributed by atoms with Crippen LogP contribution in [0, 0.1) is 0 Å². The Kier molecular flexibility index (Phi) is 10.7. The molecule has 0 N–H and O–H groups in total. The number of alkyl halides is 2. The predicted molar refractivity (Wildman–Crippen MR) is 97.7 cm³/mol. The van der Waals surface area contributed by atoms with Gasteiger partial charge in [0.2, 0.25) is 0 Å². The number of hydrogen-bond acceptors (Lipinski definition) is 6. The highest BCUT2D eigenvalue weighted by Crippen LogP contribution is 2.19. The number of carbonyl (C=O) groups is 2. The van der Waals surface area contributed by atoms with Crippen LogP contribution >= 0.6 is 55.4 Å². The van der Waals surface area contributed by atoms with Gasteiger partial charge in [-0.15, -0.1) is 23.5 Å². The summed E-state index contributed by atoms with van der Waals surface area (Å²) in [6.45, 7) is 7.85. The molecule has 0 aliphatic rings. The lowest BCUT2D eigenvalue weighted by Crippen LogP contribution is -2.27. The van der Waals surface area contributed by atoms with Crippen molar-refractivity contribution in [2.75, 3.05) is 29.8 Å². The lowest BCUT2D eigenvalue weighted by Gasteiger charge is -2.15. The molecule has 4 nitrogen and oxygen atoms in total. The maximum Gasteiger partial charge on any atom is 0.322 e. The van der Waals surface area contributed by atoms with Crippen molar-refractivity contribution >= 4 is 67.3 Å². The highest BCUT2D eigenvalue weighted by molar-refractivity contribution is 9.10. The first-order valence-electron chi connectivity index (χ1n) is 6.43. The molecule has 0 fully saturated rings. The molecule has 8 heteroatoms. The van der Waals surface area contributed by atoms with Gasteiger partial charge in [0.1, 0.15) is 21.9 Å². The lowest BCUT2D eigenvalue weighted by molar-refractivity contribution is -0.145. The zero-order valence-corrected chi connectivity index (χ0v) is 17.5. The molecule has 0 bridgehead atoms. The molecule has 0 aliphatic carbocycles. The Balaban J connectivity index is 3.42. The topological polar surface area (TPSA) is 52.6 Å². The van der Waals surface area contributed by atoms with E-state index < -0.39 is 8.65 Å². The zero-order valence-electron chi connectivity index (χ0n) is 12.7. The quantitative estimate of drug-likeness (QED) is 0.211. The van der Waals surface area contributed by atoms with Crippen LogP contribution in [0.25, 0.3) is 0 Å². The van der Waals surface area contributed by atoms with E-state index in [4.69, 9.17) is 9.47 Å². The fraction of sp³-hybridized carbons (Fsp3) is 0.846. The average Bonchev–Trinajstić information content (AvgIpc) is 2.33. The number of esters is 2. The van der Waals surface area contributed by atoms with Gasteiger partial charge in [0.05, 0.1) is 0 Å². The standard InChI is InChI=1S/C13H22Br2O4S2/c1-12(2,14)10(16)18-5-7-20-9-21-8-6-19-11(17)13(3,4)15/h5-9H2,1-4H3. The van der Waals surface area contributed by atoms with E-state index in [0.29, 0.717) is 13.2 Å². The second-order valence-electron chi connectivity index (χ2n) is 5.15. The minimum atomic E-state index is -0.626. The summed E-state index contributed by atoms with van der Waals surface area (Å²) in [5, 5.41) is 0.879. The van der Waals surface area contributed by atoms with Crippen molar-refractivity contribution in [2.24, 2.45) is 0 Å². The van der Waals surface area contributed by atoms with Crippen molar-refractivity contribution in [1.29, 1.82) is 0 Å². The van der Waals surface area contributed by atoms with E-state index in [-0.39, 0.29) is 11.9 Å². The van der Waals surface area contributed by atoms with Crippen LogP contribution in [0.2, 0.25) is 0 Å². The number of carbonyl (C=O) groups excluding carboxylic acids is 2. The Bertz CT molecular complexity index is 306.